The second-order valence-electron chi connectivity index (χ2n) is 5.10. The molecule has 0 fully saturated rings. The molecule has 1 amide bonds. The van der Waals surface area contributed by atoms with Gasteiger partial charge in [-0.1, -0.05) is 6.07 Å². The molecule has 3 N–H and O–H groups in total. The number of ether oxygens (including phenoxy) is 1. The van der Waals surface area contributed by atoms with E-state index in [0.29, 0.717) is 12.2 Å². The van der Waals surface area contributed by atoms with Gasteiger partial charge in [-0.2, -0.15) is 0 Å². The van der Waals surface area contributed by atoms with Gasteiger partial charge in [0.1, 0.15) is 0 Å². The summed E-state index contributed by atoms with van der Waals surface area (Å²) in [6, 6.07) is 3.63. The van der Waals surface area contributed by atoms with Crippen LogP contribution in [-0.2, 0) is 9.59 Å². The van der Waals surface area contributed by atoms with Gasteiger partial charge in [0.05, 0.1) is 24.8 Å². The van der Waals surface area contributed by atoms with Gasteiger partial charge in [0.15, 0.2) is 23.0 Å². The number of hydrogen-bond acceptors (Lipinski definition) is 6. The SMILES string of the molecule is CCOc1cc([C@@H]2C(C(C)=O)=C(O)C(=O)N2CCO)ccc1O. The van der Waals surface area contributed by atoms with Crippen molar-refractivity contribution in [3.05, 3.63) is 35.1 Å². The second kappa shape index (κ2) is 6.70. The number of aliphatic hydroxyl groups excluding tert-OH is 2. The molecular weight excluding hydrogens is 302 g/mol. The Morgan fingerprint density at radius 1 is 1.35 bits per heavy atom. The molecule has 1 aliphatic heterocycles. The molecule has 0 aliphatic carbocycles. The van der Waals surface area contributed by atoms with Crippen molar-refractivity contribution in [2.45, 2.75) is 19.9 Å². The van der Waals surface area contributed by atoms with Crippen LogP contribution in [0.2, 0.25) is 0 Å². The lowest BCUT2D eigenvalue weighted by atomic mass is 9.96. The number of β-amino-alcohol motifs (C(OH)–C–C–N with tert-alkyl or cyclic N) is 1. The number of Topliss-reactive ketones (excluding diaryl/α,β-unsaturated/α-hetero) is 1. The van der Waals surface area contributed by atoms with Crippen molar-refractivity contribution < 1.29 is 29.6 Å². The number of benzene rings is 1. The Morgan fingerprint density at radius 2 is 2.04 bits per heavy atom. The number of nitrogens with zero attached hydrogens (tertiary/aromatic N) is 1. The third-order valence-corrected chi connectivity index (χ3v) is 3.62. The van der Waals surface area contributed by atoms with Gasteiger partial charge in [-0.3, -0.25) is 9.59 Å². The quantitative estimate of drug-likeness (QED) is 0.723. The Bertz CT molecular complexity index is 667. The number of hydrogen-bond donors (Lipinski definition) is 3. The van der Waals surface area contributed by atoms with E-state index in [1.807, 2.05) is 0 Å². The zero-order chi connectivity index (χ0) is 17.1. The Balaban J connectivity index is 2.54. The van der Waals surface area contributed by atoms with Crippen molar-refractivity contribution in [2.24, 2.45) is 0 Å². The predicted molar refractivity (Wildman–Crippen MR) is 81.2 cm³/mol. The van der Waals surface area contributed by atoms with Crippen LogP contribution in [0, 0.1) is 0 Å². The van der Waals surface area contributed by atoms with E-state index in [-0.39, 0.29) is 30.2 Å². The van der Waals surface area contributed by atoms with Gasteiger partial charge >= 0.3 is 0 Å². The van der Waals surface area contributed by atoms with Gasteiger partial charge in [0, 0.05) is 6.54 Å². The lowest BCUT2D eigenvalue weighted by Crippen LogP contribution is -2.33. The van der Waals surface area contributed by atoms with Crippen LogP contribution >= 0.6 is 0 Å². The summed E-state index contributed by atoms with van der Waals surface area (Å²) in [5, 5.41) is 28.9. The highest BCUT2D eigenvalue weighted by molar-refractivity contribution is 6.08. The average Bonchev–Trinajstić information content (AvgIpc) is 2.75. The number of rotatable bonds is 6. The van der Waals surface area contributed by atoms with E-state index in [4.69, 9.17) is 9.84 Å². The van der Waals surface area contributed by atoms with Crippen molar-refractivity contribution in [3.8, 4) is 11.5 Å². The van der Waals surface area contributed by atoms with Gasteiger partial charge in [-0.25, -0.2) is 0 Å². The minimum Gasteiger partial charge on any atom is -0.504 e. The third-order valence-electron chi connectivity index (χ3n) is 3.62. The number of ketones is 1. The van der Waals surface area contributed by atoms with Gasteiger partial charge in [0.25, 0.3) is 5.91 Å². The fraction of sp³-hybridized carbons (Fsp3) is 0.375. The summed E-state index contributed by atoms with van der Waals surface area (Å²) in [5.74, 6) is -1.60. The zero-order valence-corrected chi connectivity index (χ0v) is 12.9. The Hall–Kier alpha value is -2.54. The summed E-state index contributed by atoms with van der Waals surface area (Å²) in [5.41, 5.74) is 0.471. The van der Waals surface area contributed by atoms with Crippen LogP contribution in [0.4, 0.5) is 0 Å². The van der Waals surface area contributed by atoms with Crippen LogP contribution < -0.4 is 4.74 Å². The molecule has 0 bridgehead atoms. The van der Waals surface area contributed by atoms with Gasteiger partial charge in [-0.15, -0.1) is 0 Å². The largest absolute Gasteiger partial charge is 0.504 e. The molecule has 23 heavy (non-hydrogen) atoms. The number of phenolic OH excluding ortho intramolecular Hbond substituents is 1. The lowest BCUT2D eigenvalue weighted by Gasteiger charge is -2.26. The first-order valence-electron chi connectivity index (χ1n) is 7.24. The van der Waals surface area contributed by atoms with Gasteiger partial charge in [-0.05, 0) is 31.5 Å². The lowest BCUT2D eigenvalue weighted by molar-refractivity contribution is -0.129. The molecule has 0 saturated carbocycles. The van der Waals surface area contributed by atoms with E-state index in [1.165, 1.54) is 24.0 Å². The molecule has 0 spiro atoms. The van der Waals surface area contributed by atoms with E-state index in [9.17, 15) is 19.8 Å². The summed E-state index contributed by atoms with van der Waals surface area (Å²) in [6.07, 6.45) is 0. The molecule has 124 valence electrons. The number of amides is 1. The third kappa shape index (κ3) is 3.00. The number of phenols is 1. The highest BCUT2D eigenvalue weighted by Crippen LogP contribution is 2.40. The number of carbonyl (C=O) groups is 2. The molecule has 1 aliphatic rings. The molecule has 0 unspecified atom stereocenters. The molecular formula is C16H19NO6. The van der Waals surface area contributed by atoms with Crippen LogP contribution in [0.3, 0.4) is 0 Å². The zero-order valence-electron chi connectivity index (χ0n) is 12.9. The molecule has 1 aromatic rings. The van der Waals surface area contributed by atoms with Crippen LogP contribution in [0.25, 0.3) is 0 Å². The number of aliphatic hydroxyl groups is 2. The first kappa shape index (κ1) is 16.8. The number of aromatic hydroxyl groups is 1. The average molecular weight is 321 g/mol. The summed E-state index contributed by atoms with van der Waals surface area (Å²) in [7, 11) is 0. The highest BCUT2D eigenvalue weighted by Gasteiger charge is 2.42. The highest BCUT2D eigenvalue weighted by atomic mass is 16.5. The maximum Gasteiger partial charge on any atom is 0.290 e. The van der Waals surface area contributed by atoms with Gasteiger partial charge in [0.2, 0.25) is 0 Å². The van der Waals surface area contributed by atoms with Crippen molar-refractivity contribution in [3.63, 3.8) is 0 Å². The summed E-state index contributed by atoms with van der Waals surface area (Å²) >= 11 is 0. The summed E-state index contributed by atoms with van der Waals surface area (Å²) in [4.78, 5) is 25.2. The second-order valence-corrected chi connectivity index (χ2v) is 5.10. The summed E-state index contributed by atoms with van der Waals surface area (Å²) in [6.45, 7) is 3.02. The molecule has 0 radical (unpaired) electrons. The maximum atomic E-state index is 12.1. The normalized spacial score (nSPS) is 17.8. The Morgan fingerprint density at radius 3 is 2.61 bits per heavy atom. The first-order chi connectivity index (χ1) is 10.9. The fourth-order valence-corrected chi connectivity index (χ4v) is 2.67. The van der Waals surface area contributed by atoms with E-state index >= 15 is 0 Å². The monoisotopic (exact) mass is 321 g/mol. The van der Waals surface area contributed by atoms with Crippen LogP contribution in [-0.4, -0.2) is 51.7 Å². The van der Waals surface area contributed by atoms with Crippen LogP contribution in [0.15, 0.2) is 29.5 Å². The topological polar surface area (TPSA) is 107 Å². The van der Waals surface area contributed by atoms with Gasteiger partial charge < -0.3 is 25.0 Å². The van der Waals surface area contributed by atoms with E-state index < -0.39 is 23.5 Å². The summed E-state index contributed by atoms with van der Waals surface area (Å²) < 4.78 is 5.32. The molecule has 1 atom stereocenters. The smallest absolute Gasteiger partial charge is 0.290 e. The van der Waals surface area contributed by atoms with E-state index in [1.54, 1.807) is 13.0 Å². The van der Waals surface area contributed by atoms with Crippen molar-refractivity contribution in [1.82, 2.24) is 4.90 Å². The van der Waals surface area contributed by atoms with Crippen LogP contribution in [0.1, 0.15) is 25.5 Å². The Kier molecular flexibility index (Phi) is 4.90. The van der Waals surface area contributed by atoms with E-state index in [0.717, 1.165) is 0 Å². The maximum absolute atomic E-state index is 12.1. The van der Waals surface area contributed by atoms with Crippen LogP contribution in [0.5, 0.6) is 11.5 Å². The fourth-order valence-electron chi connectivity index (χ4n) is 2.67. The molecule has 0 aromatic heterocycles. The van der Waals surface area contributed by atoms with Crippen molar-refractivity contribution >= 4 is 11.7 Å². The molecule has 0 saturated heterocycles. The molecule has 7 nitrogen and oxygen atoms in total. The molecule has 1 aromatic carbocycles. The molecule has 1 heterocycles. The number of carbonyl (C=O) groups excluding carboxylic acids is 2. The standard InChI is InChI=1S/C16H19NO6/c1-3-23-12-8-10(4-5-11(12)20)14-13(9(2)19)15(21)16(22)17(14)6-7-18/h4-5,8,14,18,20-21H,3,6-7H2,1-2H3/t14-/m1/s1. The Labute approximate surface area is 133 Å². The minimum absolute atomic E-state index is 0.0309. The first-order valence-corrected chi connectivity index (χ1v) is 7.24. The van der Waals surface area contributed by atoms with E-state index in [2.05, 4.69) is 0 Å². The van der Waals surface area contributed by atoms with Crippen molar-refractivity contribution in [1.29, 1.82) is 0 Å². The molecule has 2 rings (SSSR count). The van der Waals surface area contributed by atoms with Crippen molar-refractivity contribution in [2.75, 3.05) is 19.8 Å². The molecule has 7 heteroatoms. The minimum atomic E-state index is -0.827. The predicted octanol–water partition coefficient (Wildman–Crippen LogP) is 1.07.